The van der Waals surface area contributed by atoms with Crippen molar-refractivity contribution in [3.63, 3.8) is 0 Å². The summed E-state index contributed by atoms with van der Waals surface area (Å²) in [5.74, 6) is 0.900. The smallest absolute Gasteiger partial charge is 0.209 e. The van der Waals surface area contributed by atoms with Crippen LogP contribution in [-0.2, 0) is 15.4 Å². The van der Waals surface area contributed by atoms with E-state index in [0.29, 0.717) is 13.0 Å². The Kier molecular flexibility index (Phi) is 6.02. The molecule has 1 aromatic rings. The van der Waals surface area contributed by atoms with Crippen molar-refractivity contribution in [2.24, 2.45) is 5.14 Å². The Labute approximate surface area is 122 Å². The van der Waals surface area contributed by atoms with E-state index in [0.717, 1.165) is 18.6 Å². The molecule has 1 aromatic carbocycles. The van der Waals surface area contributed by atoms with Gasteiger partial charge in [-0.3, -0.25) is 0 Å². The van der Waals surface area contributed by atoms with Crippen LogP contribution in [0.2, 0.25) is 0 Å². The van der Waals surface area contributed by atoms with Crippen molar-refractivity contribution in [1.82, 2.24) is 0 Å². The number of rotatable bonds is 7. The van der Waals surface area contributed by atoms with E-state index in [1.807, 2.05) is 12.1 Å². The minimum atomic E-state index is -3.32. The number of hydrogen-bond donors (Lipinski definition) is 1. The van der Waals surface area contributed by atoms with Gasteiger partial charge in [-0.05, 0) is 42.4 Å². The van der Waals surface area contributed by atoms with Crippen LogP contribution in [0.5, 0.6) is 5.75 Å². The zero-order valence-electron chi connectivity index (χ0n) is 12.6. The number of primary sulfonamides is 1. The Morgan fingerprint density at radius 2 is 1.65 bits per heavy atom. The summed E-state index contributed by atoms with van der Waals surface area (Å²) >= 11 is 0. The van der Waals surface area contributed by atoms with Crippen LogP contribution in [0.3, 0.4) is 0 Å². The topological polar surface area (TPSA) is 69.4 Å². The molecule has 0 aliphatic heterocycles. The molecule has 5 heteroatoms. The van der Waals surface area contributed by atoms with Crippen LogP contribution in [0, 0.1) is 0 Å². The summed E-state index contributed by atoms with van der Waals surface area (Å²) in [6.45, 7) is 7.12. The molecular formula is C15H25NO3S. The number of nitrogens with two attached hydrogens (primary N) is 1. The molecule has 0 fully saturated rings. The molecule has 0 bridgehead atoms. The molecular weight excluding hydrogens is 274 g/mol. The minimum Gasteiger partial charge on any atom is -0.494 e. The van der Waals surface area contributed by atoms with Crippen molar-refractivity contribution in [3.8, 4) is 5.75 Å². The van der Waals surface area contributed by atoms with Gasteiger partial charge >= 0.3 is 0 Å². The maximum Gasteiger partial charge on any atom is 0.209 e. The van der Waals surface area contributed by atoms with E-state index in [1.165, 1.54) is 5.56 Å². The van der Waals surface area contributed by atoms with E-state index in [2.05, 4.69) is 32.9 Å². The average molecular weight is 299 g/mol. The van der Waals surface area contributed by atoms with Gasteiger partial charge in [0, 0.05) is 0 Å². The van der Waals surface area contributed by atoms with E-state index in [1.54, 1.807) is 0 Å². The first-order valence-electron chi connectivity index (χ1n) is 6.92. The van der Waals surface area contributed by atoms with Crippen molar-refractivity contribution in [2.75, 3.05) is 12.4 Å². The summed E-state index contributed by atoms with van der Waals surface area (Å²) in [7, 11) is -3.32. The monoisotopic (exact) mass is 299 g/mol. The summed E-state index contributed by atoms with van der Waals surface area (Å²) in [5.41, 5.74) is 1.42. The molecule has 20 heavy (non-hydrogen) atoms. The molecule has 114 valence electrons. The molecule has 0 spiro atoms. The predicted octanol–water partition coefficient (Wildman–Crippen LogP) is 2.82. The third-order valence-corrected chi connectivity index (χ3v) is 3.92. The standard InChI is InChI=1S/C15H25NO3S/c1-15(2,3)13-7-9-14(10-8-13)19-11-5-4-6-12-20(16,17)18/h7-10H,4-6,11-12H2,1-3H3,(H2,16,17,18). The molecule has 1 rings (SSSR count). The molecule has 0 atom stereocenters. The molecule has 0 radical (unpaired) electrons. The average Bonchev–Trinajstić information content (AvgIpc) is 2.32. The highest BCUT2D eigenvalue weighted by Gasteiger charge is 2.12. The number of benzene rings is 1. The van der Waals surface area contributed by atoms with Crippen molar-refractivity contribution in [2.45, 2.75) is 45.4 Å². The minimum absolute atomic E-state index is 0.0489. The largest absolute Gasteiger partial charge is 0.494 e. The molecule has 0 unspecified atom stereocenters. The normalized spacial score (nSPS) is 12.4. The van der Waals surface area contributed by atoms with Crippen LogP contribution in [0.1, 0.15) is 45.6 Å². The lowest BCUT2D eigenvalue weighted by atomic mass is 9.87. The van der Waals surface area contributed by atoms with Crippen LogP contribution in [0.25, 0.3) is 0 Å². The molecule has 0 saturated carbocycles. The second-order valence-corrected chi connectivity index (χ2v) is 7.78. The van der Waals surface area contributed by atoms with Crippen molar-refractivity contribution in [3.05, 3.63) is 29.8 Å². The van der Waals surface area contributed by atoms with E-state index >= 15 is 0 Å². The molecule has 0 heterocycles. The SMILES string of the molecule is CC(C)(C)c1ccc(OCCCCCS(N)(=O)=O)cc1. The summed E-state index contributed by atoms with van der Waals surface area (Å²) in [6.07, 6.45) is 2.22. The summed E-state index contributed by atoms with van der Waals surface area (Å²) < 4.78 is 27.1. The first-order valence-corrected chi connectivity index (χ1v) is 8.64. The molecule has 0 saturated heterocycles. The van der Waals surface area contributed by atoms with Gasteiger partial charge in [0.25, 0.3) is 0 Å². The third kappa shape index (κ3) is 6.91. The summed E-state index contributed by atoms with van der Waals surface area (Å²) in [5, 5.41) is 4.93. The Bertz CT molecular complexity index is 501. The second kappa shape index (κ2) is 7.09. The van der Waals surface area contributed by atoms with Crippen molar-refractivity contribution < 1.29 is 13.2 Å². The molecule has 0 aromatic heterocycles. The zero-order valence-corrected chi connectivity index (χ0v) is 13.4. The molecule has 4 nitrogen and oxygen atoms in total. The first kappa shape index (κ1) is 17.0. The van der Waals surface area contributed by atoms with Gasteiger partial charge < -0.3 is 4.74 Å². The second-order valence-electron chi connectivity index (χ2n) is 6.05. The van der Waals surface area contributed by atoms with E-state index in [4.69, 9.17) is 9.88 Å². The van der Waals surface area contributed by atoms with Crippen LogP contribution in [0.4, 0.5) is 0 Å². The Balaban J connectivity index is 2.26. The van der Waals surface area contributed by atoms with Crippen molar-refractivity contribution >= 4 is 10.0 Å². The molecule has 0 aliphatic carbocycles. The fourth-order valence-electron chi connectivity index (χ4n) is 1.82. The van der Waals surface area contributed by atoms with Crippen LogP contribution >= 0.6 is 0 Å². The quantitative estimate of drug-likeness (QED) is 0.787. The Morgan fingerprint density at radius 1 is 1.05 bits per heavy atom. The van der Waals surface area contributed by atoms with Gasteiger partial charge in [-0.1, -0.05) is 32.9 Å². The maximum absolute atomic E-state index is 10.7. The van der Waals surface area contributed by atoms with E-state index in [9.17, 15) is 8.42 Å². The fraction of sp³-hybridized carbons (Fsp3) is 0.600. The molecule has 0 aliphatic rings. The van der Waals surface area contributed by atoms with Gasteiger partial charge in [-0.2, -0.15) is 0 Å². The van der Waals surface area contributed by atoms with Gasteiger partial charge in [-0.15, -0.1) is 0 Å². The zero-order chi connectivity index (χ0) is 15.2. The number of unbranched alkanes of at least 4 members (excludes halogenated alkanes) is 2. The van der Waals surface area contributed by atoms with Gasteiger partial charge in [0.1, 0.15) is 5.75 Å². The Hall–Kier alpha value is -1.07. The fourth-order valence-corrected chi connectivity index (χ4v) is 2.43. The van der Waals surface area contributed by atoms with Crippen LogP contribution in [0.15, 0.2) is 24.3 Å². The number of sulfonamides is 1. The lowest BCUT2D eigenvalue weighted by molar-refractivity contribution is 0.306. The van der Waals surface area contributed by atoms with E-state index in [-0.39, 0.29) is 11.2 Å². The molecule has 0 amide bonds. The van der Waals surface area contributed by atoms with Gasteiger partial charge in [-0.25, -0.2) is 13.6 Å². The lowest BCUT2D eigenvalue weighted by Gasteiger charge is -2.19. The molecule has 2 N–H and O–H groups in total. The summed E-state index contributed by atoms with van der Waals surface area (Å²) in [4.78, 5) is 0. The highest BCUT2D eigenvalue weighted by atomic mass is 32.2. The third-order valence-electron chi connectivity index (χ3n) is 3.06. The van der Waals surface area contributed by atoms with Gasteiger partial charge in [0.2, 0.25) is 10.0 Å². The van der Waals surface area contributed by atoms with E-state index < -0.39 is 10.0 Å². The maximum atomic E-state index is 10.7. The van der Waals surface area contributed by atoms with Gasteiger partial charge in [0.05, 0.1) is 12.4 Å². The number of hydrogen-bond acceptors (Lipinski definition) is 3. The highest BCUT2D eigenvalue weighted by Crippen LogP contribution is 2.24. The lowest BCUT2D eigenvalue weighted by Crippen LogP contribution is -2.16. The first-order chi connectivity index (χ1) is 9.18. The predicted molar refractivity (Wildman–Crippen MR) is 82.5 cm³/mol. The summed E-state index contributed by atoms with van der Waals surface area (Å²) in [6, 6.07) is 8.11. The van der Waals surface area contributed by atoms with Crippen LogP contribution < -0.4 is 9.88 Å². The van der Waals surface area contributed by atoms with Crippen molar-refractivity contribution in [1.29, 1.82) is 0 Å². The highest BCUT2D eigenvalue weighted by molar-refractivity contribution is 7.89. The van der Waals surface area contributed by atoms with Crippen LogP contribution in [-0.4, -0.2) is 20.8 Å². The Morgan fingerprint density at radius 3 is 2.15 bits per heavy atom. The van der Waals surface area contributed by atoms with Gasteiger partial charge in [0.15, 0.2) is 0 Å². The number of ether oxygens (including phenoxy) is 1.